The number of aliphatic hydroxyl groups is 1. The molecule has 1 aromatic rings. The predicted octanol–water partition coefficient (Wildman–Crippen LogP) is 1.20. The van der Waals surface area contributed by atoms with Gasteiger partial charge in [0.05, 0.1) is 19.1 Å². The van der Waals surface area contributed by atoms with Gasteiger partial charge in [0.1, 0.15) is 17.5 Å². The summed E-state index contributed by atoms with van der Waals surface area (Å²) in [5, 5.41) is 9.22. The number of benzene rings is 1. The fourth-order valence-corrected chi connectivity index (χ4v) is 1.82. The van der Waals surface area contributed by atoms with Crippen molar-refractivity contribution in [3.05, 3.63) is 35.1 Å². The highest BCUT2D eigenvalue weighted by atomic mass is 19.1. The van der Waals surface area contributed by atoms with Crippen LogP contribution in [0.25, 0.3) is 0 Å². The molecule has 1 atom stereocenters. The van der Waals surface area contributed by atoms with Gasteiger partial charge in [-0.2, -0.15) is 0 Å². The van der Waals surface area contributed by atoms with Crippen LogP contribution in [0.5, 0.6) is 0 Å². The van der Waals surface area contributed by atoms with E-state index in [0.29, 0.717) is 12.1 Å². The van der Waals surface area contributed by atoms with Gasteiger partial charge in [0.2, 0.25) is 5.91 Å². The van der Waals surface area contributed by atoms with Gasteiger partial charge in [-0.05, 0) is 0 Å². The third-order valence-electron chi connectivity index (χ3n) is 2.65. The zero-order chi connectivity index (χ0) is 12.6. The number of aliphatic hydroxyl groups excluding tert-OH is 1. The molecule has 0 spiro atoms. The van der Waals surface area contributed by atoms with Crippen LogP contribution < -0.4 is 0 Å². The Hall–Kier alpha value is -1.56. The van der Waals surface area contributed by atoms with Crippen LogP contribution in [0.4, 0.5) is 13.2 Å². The minimum absolute atomic E-state index is 0.0368. The maximum Gasteiger partial charge on any atom is 0.225 e. The smallest absolute Gasteiger partial charge is 0.225 e. The lowest BCUT2D eigenvalue weighted by Gasteiger charge is -2.16. The SMILES string of the molecule is O=C1CC(O)CN1Cc1c(F)cc(F)cc1F. The first kappa shape index (κ1) is 11.9. The van der Waals surface area contributed by atoms with E-state index in [2.05, 4.69) is 0 Å². The first-order chi connectivity index (χ1) is 7.97. The zero-order valence-corrected chi connectivity index (χ0v) is 8.79. The molecule has 1 saturated heterocycles. The molecular weight excluding hydrogens is 235 g/mol. The Kier molecular flexibility index (Phi) is 3.06. The van der Waals surface area contributed by atoms with Crippen LogP contribution >= 0.6 is 0 Å². The van der Waals surface area contributed by atoms with Crippen LogP contribution in [-0.4, -0.2) is 28.6 Å². The number of amides is 1. The maximum absolute atomic E-state index is 13.3. The molecule has 6 heteroatoms. The topological polar surface area (TPSA) is 40.5 Å². The van der Waals surface area contributed by atoms with Gasteiger partial charge in [-0.15, -0.1) is 0 Å². The quantitative estimate of drug-likeness (QED) is 0.850. The van der Waals surface area contributed by atoms with Crippen molar-refractivity contribution in [2.75, 3.05) is 6.54 Å². The lowest BCUT2D eigenvalue weighted by molar-refractivity contribution is -0.128. The molecule has 1 amide bonds. The fourth-order valence-electron chi connectivity index (χ4n) is 1.82. The second-order valence-electron chi connectivity index (χ2n) is 3.98. The predicted molar refractivity (Wildman–Crippen MR) is 52.4 cm³/mol. The van der Waals surface area contributed by atoms with Gasteiger partial charge in [0.15, 0.2) is 0 Å². The number of carbonyl (C=O) groups is 1. The fraction of sp³-hybridized carbons (Fsp3) is 0.364. The van der Waals surface area contributed by atoms with Crippen molar-refractivity contribution in [3.63, 3.8) is 0 Å². The van der Waals surface area contributed by atoms with Crippen LogP contribution in [0.15, 0.2) is 12.1 Å². The van der Waals surface area contributed by atoms with Crippen LogP contribution in [-0.2, 0) is 11.3 Å². The van der Waals surface area contributed by atoms with Crippen LogP contribution in [0, 0.1) is 17.5 Å². The van der Waals surface area contributed by atoms with Gasteiger partial charge in [0, 0.05) is 24.2 Å². The van der Waals surface area contributed by atoms with Gasteiger partial charge in [-0.1, -0.05) is 0 Å². The van der Waals surface area contributed by atoms with Gasteiger partial charge in [-0.25, -0.2) is 13.2 Å². The Bertz CT molecular complexity index is 441. The molecule has 3 nitrogen and oxygen atoms in total. The van der Waals surface area contributed by atoms with Crippen molar-refractivity contribution in [3.8, 4) is 0 Å². The molecule has 1 aromatic carbocycles. The lowest BCUT2D eigenvalue weighted by atomic mass is 10.2. The Morgan fingerprint density at radius 2 is 1.88 bits per heavy atom. The number of likely N-dealkylation sites (tertiary alicyclic amines) is 1. The molecule has 17 heavy (non-hydrogen) atoms. The highest BCUT2D eigenvalue weighted by molar-refractivity contribution is 5.79. The molecule has 1 heterocycles. The molecular formula is C11H10F3NO2. The van der Waals surface area contributed by atoms with E-state index in [9.17, 15) is 23.1 Å². The van der Waals surface area contributed by atoms with Crippen molar-refractivity contribution >= 4 is 5.91 Å². The third kappa shape index (κ3) is 2.41. The second kappa shape index (κ2) is 4.37. The monoisotopic (exact) mass is 245 g/mol. The van der Waals surface area contributed by atoms with Crippen molar-refractivity contribution in [1.82, 2.24) is 4.90 Å². The minimum atomic E-state index is -1.03. The molecule has 0 aliphatic carbocycles. The van der Waals surface area contributed by atoms with Gasteiger partial charge in [0.25, 0.3) is 0 Å². The van der Waals surface area contributed by atoms with Crippen molar-refractivity contribution in [2.24, 2.45) is 0 Å². The Labute approximate surface area is 95.5 Å². The Morgan fingerprint density at radius 3 is 2.35 bits per heavy atom. The molecule has 1 fully saturated rings. The van der Waals surface area contributed by atoms with Crippen LogP contribution in [0.1, 0.15) is 12.0 Å². The summed E-state index contributed by atoms with van der Waals surface area (Å²) >= 11 is 0. The molecule has 1 unspecified atom stereocenters. The molecule has 0 radical (unpaired) electrons. The molecule has 0 saturated carbocycles. The molecule has 1 aliphatic heterocycles. The normalized spacial score (nSPS) is 20.1. The average Bonchev–Trinajstić information content (AvgIpc) is 2.51. The second-order valence-corrected chi connectivity index (χ2v) is 3.98. The van der Waals surface area contributed by atoms with Crippen LogP contribution in [0.2, 0.25) is 0 Å². The van der Waals surface area contributed by atoms with E-state index in [1.165, 1.54) is 0 Å². The molecule has 92 valence electrons. The van der Waals surface area contributed by atoms with E-state index in [-0.39, 0.29) is 31.0 Å². The summed E-state index contributed by atoms with van der Waals surface area (Å²) in [4.78, 5) is 12.5. The Morgan fingerprint density at radius 1 is 1.29 bits per heavy atom. The first-order valence-electron chi connectivity index (χ1n) is 5.06. The molecule has 2 rings (SSSR count). The number of rotatable bonds is 2. The lowest BCUT2D eigenvalue weighted by Crippen LogP contribution is -2.26. The third-order valence-corrected chi connectivity index (χ3v) is 2.65. The van der Waals surface area contributed by atoms with E-state index in [4.69, 9.17) is 0 Å². The first-order valence-corrected chi connectivity index (χ1v) is 5.06. The van der Waals surface area contributed by atoms with Gasteiger partial charge >= 0.3 is 0 Å². The summed E-state index contributed by atoms with van der Waals surface area (Å²) in [7, 11) is 0. The summed E-state index contributed by atoms with van der Waals surface area (Å²) in [5.41, 5.74) is -0.367. The van der Waals surface area contributed by atoms with Crippen molar-refractivity contribution in [2.45, 2.75) is 19.1 Å². The van der Waals surface area contributed by atoms with E-state index in [0.717, 1.165) is 4.90 Å². The summed E-state index contributed by atoms with van der Waals surface area (Å²) < 4.78 is 39.3. The van der Waals surface area contributed by atoms with Gasteiger partial charge in [-0.3, -0.25) is 4.79 Å². The number of nitrogens with zero attached hydrogens (tertiary/aromatic N) is 1. The molecule has 1 aliphatic rings. The van der Waals surface area contributed by atoms with Crippen LogP contribution in [0.3, 0.4) is 0 Å². The highest BCUT2D eigenvalue weighted by Gasteiger charge is 2.29. The number of carbonyl (C=O) groups excluding carboxylic acids is 1. The summed E-state index contributed by atoms with van der Waals surface area (Å²) in [5.74, 6) is -3.44. The van der Waals surface area contributed by atoms with Crippen molar-refractivity contribution in [1.29, 1.82) is 0 Å². The molecule has 0 aromatic heterocycles. The highest BCUT2D eigenvalue weighted by Crippen LogP contribution is 2.20. The molecule has 1 N–H and O–H groups in total. The van der Waals surface area contributed by atoms with E-state index >= 15 is 0 Å². The van der Waals surface area contributed by atoms with Crippen molar-refractivity contribution < 1.29 is 23.1 Å². The standard InChI is InChI=1S/C11H10F3NO2/c12-6-1-9(13)8(10(14)2-6)5-15-4-7(16)3-11(15)17/h1-2,7,16H,3-5H2. The Balaban J connectivity index is 2.22. The van der Waals surface area contributed by atoms with E-state index in [1.54, 1.807) is 0 Å². The van der Waals surface area contributed by atoms with E-state index in [1.807, 2.05) is 0 Å². The number of β-amino-alcohol motifs (C(OH)–C–C–N with tert-alkyl or cyclic N) is 1. The minimum Gasteiger partial charge on any atom is -0.391 e. The molecule has 0 bridgehead atoms. The average molecular weight is 245 g/mol. The zero-order valence-electron chi connectivity index (χ0n) is 8.79. The summed E-state index contributed by atoms with van der Waals surface area (Å²) in [6.07, 6.45) is -0.862. The van der Waals surface area contributed by atoms with Gasteiger partial charge < -0.3 is 10.0 Å². The number of halogens is 3. The summed E-state index contributed by atoms with van der Waals surface area (Å²) in [6, 6.07) is 1.13. The van der Waals surface area contributed by atoms with E-state index < -0.39 is 23.6 Å². The largest absolute Gasteiger partial charge is 0.391 e. The summed E-state index contributed by atoms with van der Waals surface area (Å²) in [6.45, 7) is -0.261. The maximum atomic E-state index is 13.3. The number of hydrogen-bond donors (Lipinski definition) is 1. The number of hydrogen-bond acceptors (Lipinski definition) is 2.